The molecule has 0 radical (unpaired) electrons. The minimum Gasteiger partial charge on any atom is -0.508 e. The fraction of sp³-hybridized carbons (Fsp3) is 0.125. The molecular formula is C24H22NO4+. The smallest absolute Gasteiger partial charge is 0.336 e. The second-order valence-electron chi connectivity index (χ2n) is 6.87. The predicted molar refractivity (Wildman–Crippen MR) is 111 cm³/mol. The van der Waals surface area contributed by atoms with Crippen LogP contribution < -0.4 is 15.7 Å². The van der Waals surface area contributed by atoms with Gasteiger partial charge in [0.25, 0.3) is 0 Å². The summed E-state index contributed by atoms with van der Waals surface area (Å²) in [5.41, 5.74) is 3.14. The molecule has 0 saturated heterocycles. The number of nitrogens with two attached hydrogens (primary N) is 1. The third-order valence-electron chi connectivity index (χ3n) is 5.02. The van der Waals surface area contributed by atoms with Crippen LogP contribution in [0, 0.1) is 0 Å². The topological polar surface area (TPSA) is 76.3 Å². The Kier molecular flexibility index (Phi) is 5.31. The molecule has 4 aromatic rings. The highest BCUT2D eigenvalue weighted by Crippen LogP contribution is 2.23. The van der Waals surface area contributed by atoms with Crippen LogP contribution in [0.5, 0.6) is 11.5 Å². The van der Waals surface area contributed by atoms with Crippen LogP contribution >= 0.6 is 0 Å². The maximum Gasteiger partial charge on any atom is 0.336 e. The number of phenolic OH excluding ortho intramolecular Hbond substituents is 1. The van der Waals surface area contributed by atoms with Gasteiger partial charge in [-0.05, 0) is 36.4 Å². The summed E-state index contributed by atoms with van der Waals surface area (Å²) in [7, 11) is 1.65. The first-order valence-corrected chi connectivity index (χ1v) is 9.42. The van der Waals surface area contributed by atoms with E-state index in [1.165, 1.54) is 17.7 Å². The number of phenols is 1. The van der Waals surface area contributed by atoms with Gasteiger partial charge >= 0.3 is 5.63 Å². The molecule has 0 amide bonds. The average molecular weight is 388 g/mol. The van der Waals surface area contributed by atoms with Gasteiger partial charge in [0.15, 0.2) is 0 Å². The highest BCUT2D eigenvalue weighted by atomic mass is 16.5. The largest absolute Gasteiger partial charge is 0.508 e. The molecule has 146 valence electrons. The Bertz CT molecular complexity index is 1170. The standard InChI is InChI=1S/C24H21NO4/c1-28-20-10-7-17(8-11-20)24(16-5-3-2-4-6-16)25-15-18-13-23(27)29-22-14-19(26)9-12-21(18)22/h2-14,24-26H,15H2,1H3/p+1/t24-/m1/s1. The molecule has 5 heteroatoms. The van der Waals surface area contributed by atoms with Crippen LogP contribution in [0.25, 0.3) is 11.0 Å². The average Bonchev–Trinajstić information content (AvgIpc) is 2.74. The number of benzene rings is 3. The van der Waals surface area contributed by atoms with E-state index in [4.69, 9.17) is 9.15 Å². The normalized spacial score (nSPS) is 12.0. The molecule has 0 spiro atoms. The summed E-state index contributed by atoms with van der Waals surface area (Å²) in [4.78, 5) is 12.0. The number of quaternary nitrogens is 1. The number of fused-ring (bicyclic) bond motifs is 1. The van der Waals surface area contributed by atoms with Gasteiger partial charge in [0.2, 0.25) is 0 Å². The predicted octanol–water partition coefficient (Wildman–Crippen LogP) is 3.36. The highest BCUT2D eigenvalue weighted by Gasteiger charge is 2.18. The molecule has 3 N–H and O–H groups in total. The van der Waals surface area contributed by atoms with Crippen molar-refractivity contribution >= 4 is 11.0 Å². The van der Waals surface area contributed by atoms with Gasteiger partial charge in [-0.2, -0.15) is 0 Å². The molecule has 1 aromatic heterocycles. The minimum atomic E-state index is -0.424. The van der Waals surface area contributed by atoms with Gasteiger partial charge in [0.1, 0.15) is 29.7 Å². The van der Waals surface area contributed by atoms with Crippen molar-refractivity contribution in [3.05, 3.63) is 106 Å². The van der Waals surface area contributed by atoms with Crippen molar-refractivity contribution < 1.29 is 19.6 Å². The van der Waals surface area contributed by atoms with E-state index in [1.807, 2.05) is 30.3 Å². The third-order valence-corrected chi connectivity index (χ3v) is 5.02. The molecule has 29 heavy (non-hydrogen) atoms. The van der Waals surface area contributed by atoms with Gasteiger partial charge in [-0.1, -0.05) is 30.3 Å². The number of ether oxygens (including phenoxy) is 1. The molecule has 1 heterocycles. The molecule has 0 unspecified atom stereocenters. The van der Waals surface area contributed by atoms with E-state index < -0.39 is 5.63 Å². The lowest BCUT2D eigenvalue weighted by Gasteiger charge is -2.17. The molecule has 1 atom stereocenters. The van der Waals surface area contributed by atoms with Crippen molar-refractivity contribution in [2.75, 3.05) is 7.11 Å². The quantitative estimate of drug-likeness (QED) is 0.497. The molecule has 0 aliphatic rings. The van der Waals surface area contributed by atoms with Gasteiger partial charge in [-0.15, -0.1) is 0 Å². The minimum absolute atomic E-state index is 0.0570. The molecule has 3 aromatic carbocycles. The zero-order chi connectivity index (χ0) is 20.2. The molecule has 4 rings (SSSR count). The van der Waals surface area contributed by atoms with Crippen molar-refractivity contribution in [1.82, 2.24) is 0 Å². The number of methoxy groups -OCH3 is 1. The van der Waals surface area contributed by atoms with E-state index in [0.717, 1.165) is 22.3 Å². The Hall–Kier alpha value is -3.57. The van der Waals surface area contributed by atoms with Crippen LogP contribution in [0.1, 0.15) is 22.7 Å². The number of hydrogen-bond acceptors (Lipinski definition) is 4. The van der Waals surface area contributed by atoms with Gasteiger partial charge in [0.05, 0.1) is 7.11 Å². The summed E-state index contributed by atoms with van der Waals surface area (Å²) in [6.07, 6.45) is 0. The van der Waals surface area contributed by atoms with Gasteiger partial charge < -0.3 is 19.6 Å². The van der Waals surface area contributed by atoms with E-state index in [0.29, 0.717) is 12.1 Å². The van der Waals surface area contributed by atoms with Crippen molar-refractivity contribution in [3.8, 4) is 11.5 Å². The van der Waals surface area contributed by atoms with Crippen molar-refractivity contribution in [1.29, 1.82) is 0 Å². The summed E-state index contributed by atoms with van der Waals surface area (Å²) in [5.74, 6) is 0.884. The van der Waals surface area contributed by atoms with Crippen LogP contribution in [-0.2, 0) is 6.54 Å². The maximum atomic E-state index is 12.0. The lowest BCUT2D eigenvalue weighted by Crippen LogP contribution is -2.84. The van der Waals surface area contributed by atoms with Crippen LogP contribution in [0.2, 0.25) is 0 Å². The zero-order valence-electron chi connectivity index (χ0n) is 16.0. The second kappa shape index (κ2) is 8.20. The number of hydrogen-bond donors (Lipinski definition) is 2. The molecule has 0 bridgehead atoms. The van der Waals surface area contributed by atoms with Gasteiger partial charge in [0, 0.05) is 34.2 Å². The Morgan fingerprint density at radius 1 is 0.966 bits per heavy atom. The summed E-state index contributed by atoms with van der Waals surface area (Å²) >= 11 is 0. The highest BCUT2D eigenvalue weighted by molar-refractivity contribution is 5.81. The van der Waals surface area contributed by atoms with Crippen LogP contribution in [0.3, 0.4) is 0 Å². The van der Waals surface area contributed by atoms with Crippen molar-refractivity contribution in [2.45, 2.75) is 12.6 Å². The molecular weight excluding hydrogens is 366 g/mol. The maximum absolute atomic E-state index is 12.0. The lowest BCUT2D eigenvalue weighted by atomic mass is 9.98. The number of rotatable bonds is 6. The van der Waals surface area contributed by atoms with Gasteiger partial charge in [-0.25, -0.2) is 4.79 Å². The van der Waals surface area contributed by atoms with E-state index >= 15 is 0 Å². The molecule has 0 aliphatic carbocycles. The summed E-state index contributed by atoms with van der Waals surface area (Å²) < 4.78 is 10.5. The fourth-order valence-corrected chi connectivity index (χ4v) is 3.57. The summed E-state index contributed by atoms with van der Waals surface area (Å²) in [6, 6.07) is 24.7. The molecule has 0 aliphatic heterocycles. The Balaban J connectivity index is 1.68. The van der Waals surface area contributed by atoms with Crippen LogP contribution in [0.15, 0.2) is 88.1 Å². The summed E-state index contributed by atoms with van der Waals surface area (Å²) in [5, 5.41) is 12.7. The first-order valence-electron chi connectivity index (χ1n) is 9.42. The van der Waals surface area contributed by atoms with E-state index in [1.54, 1.807) is 19.2 Å². The SMILES string of the molecule is COc1ccc([C@H]([NH2+]Cc2cc(=O)oc3cc(O)ccc23)c2ccccc2)cc1. The zero-order valence-corrected chi connectivity index (χ0v) is 16.0. The first-order chi connectivity index (χ1) is 14.1. The number of aromatic hydroxyl groups is 1. The fourth-order valence-electron chi connectivity index (χ4n) is 3.57. The van der Waals surface area contributed by atoms with Crippen LogP contribution in [0.4, 0.5) is 0 Å². The van der Waals surface area contributed by atoms with Crippen molar-refractivity contribution in [3.63, 3.8) is 0 Å². The Morgan fingerprint density at radius 3 is 2.41 bits per heavy atom. The Labute approximate surface area is 168 Å². The second-order valence-corrected chi connectivity index (χ2v) is 6.87. The summed E-state index contributed by atoms with van der Waals surface area (Å²) in [6.45, 7) is 0.582. The van der Waals surface area contributed by atoms with E-state index in [2.05, 4.69) is 29.6 Å². The molecule has 0 fully saturated rings. The van der Waals surface area contributed by atoms with E-state index in [-0.39, 0.29) is 11.8 Å². The monoisotopic (exact) mass is 388 g/mol. The third kappa shape index (κ3) is 4.15. The molecule has 5 nitrogen and oxygen atoms in total. The molecule has 0 saturated carbocycles. The van der Waals surface area contributed by atoms with Crippen LogP contribution in [-0.4, -0.2) is 12.2 Å². The lowest BCUT2D eigenvalue weighted by molar-refractivity contribution is -0.702. The Morgan fingerprint density at radius 2 is 1.69 bits per heavy atom. The van der Waals surface area contributed by atoms with Gasteiger partial charge in [-0.3, -0.25) is 0 Å². The van der Waals surface area contributed by atoms with Crippen molar-refractivity contribution in [2.24, 2.45) is 0 Å². The first kappa shape index (κ1) is 18.8. The van der Waals surface area contributed by atoms with E-state index in [9.17, 15) is 9.90 Å².